The van der Waals surface area contributed by atoms with E-state index in [1.165, 1.54) is 6.20 Å². The van der Waals surface area contributed by atoms with Crippen LogP contribution in [0, 0.1) is 0 Å². The van der Waals surface area contributed by atoms with Gasteiger partial charge < -0.3 is 5.32 Å². The highest BCUT2D eigenvalue weighted by Gasteiger charge is 2.21. The molecule has 7 heteroatoms. The fourth-order valence-electron chi connectivity index (χ4n) is 3.21. The molecule has 0 unspecified atom stereocenters. The van der Waals surface area contributed by atoms with Gasteiger partial charge in [-0.15, -0.1) is 0 Å². The van der Waals surface area contributed by atoms with Crippen molar-refractivity contribution in [2.45, 2.75) is 33.0 Å². The number of hydrogen-bond acceptors (Lipinski definition) is 5. The van der Waals surface area contributed by atoms with Gasteiger partial charge in [-0.3, -0.25) is 24.1 Å². The molecule has 1 aliphatic rings. The van der Waals surface area contributed by atoms with Crippen molar-refractivity contribution >= 4 is 16.8 Å². The lowest BCUT2D eigenvalue weighted by molar-refractivity contribution is -0.124. The zero-order chi connectivity index (χ0) is 18.7. The molecule has 3 rings (SSSR count). The van der Waals surface area contributed by atoms with Crippen LogP contribution in [0.25, 0.3) is 10.9 Å². The predicted molar refractivity (Wildman–Crippen MR) is 102 cm³/mol. The first-order chi connectivity index (χ1) is 12.3. The smallest absolute Gasteiger partial charge is 0.234 e. The third-order valence-electron chi connectivity index (χ3n) is 4.44. The number of aromatic nitrogens is 2. The summed E-state index contributed by atoms with van der Waals surface area (Å²) in [6.07, 6.45) is 1.38. The van der Waals surface area contributed by atoms with Crippen LogP contribution in [0.3, 0.4) is 0 Å². The molecule has 0 spiro atoms. The SMILES string of the molecule is CC(C)(C)NC(=O)CN1CCN(Cn2ncc(=O)c3ccccc32)CC1. The molecule has 1 fully saturated rings. The molecule has 1 N–H and O–H groups in total. The van der Waals surface area contributed by atoms with Gasteiger partial charge in [0.05, 0.1) is 24.9 Å². The van der Waals surface area contributed by atoms with Crippen molar-refractivity contribution in [3.8, 4) is 0 Å². The number of benzene rings is 1. The highest BCUT2D eigenvalue weighted by atomic mass is 16.2. The molecule has 0 saturated carbocycles. The number of nitrogens with zero attached hydrogens (tertiary/aromatic N) is 4. The average molecular weight is 357 g/mol. The fourth-order valence-corrected chi connectivity index (χ4v) is 3.21. The van der Waals surface area contributed by atoms with E-state index in [4.69, 9.17) is 0 Å². The Kier molecular flexibility index (Phi) is 5.38. The van der Waals surface area contributed by atoms with Crippen LogP contribution in [0.15, 0.2) is 35.3 Å². The zero-order valence-corrected chi connectivity index (χ0v) is 15.7. The second-order valence-electron chi connectivity index (χ2n) is 7.86. The molecule has 1 amide bonds. The molecule has 7 nitrogen and oxygen atoms in total. The molecular formula is C19H27N5O2. The Morgan fingerprint density at radius 1 is 1.12 bits per heavy atom. The lowest BCUT2D eigenvalue weighted by atomic mass is 10.1. The molecule has 1 aliphatic heterocycles. The Bertz CT molecular complexity index is 832. The van der Waals surface area contributed by atoms with Crippen molar-refractivity contribution < 1.29 is 4.79 Å². The summed E-state index contributed by atoms with van der Waals surface area (Å²) in [5.41, 5.74) is 0.606. The number of carbonyl (C=O) groups is 1. The molecule has 0 radical (unpaired) electrons. The maximum Gasteiger partial charge on any atom is 0.234 e. The van der Waals surface area contributed by atoms with E-state index < -0.39 is 0 Å². The van der Waals surface area contributed by atoms with E-state index in [0.29, 0.717) is 18.6 Å². The number of hydrogen-bond donors (Lipinski definition) is 1. The van der Waals surface area contributed by atoms with Crippen LogP contribution in [0.4, 0.5) is 0 Å². The fraction of sp³-hybridized carbons (Fsp3) is 0.526. The summed E-state index contributed by atoms with van der Waals surface area (Å²) in [5, 5.41) is 7.99. The summed E-state index contributed by atoms with van der Waals surface area (Å²) in [7, 11) is 0. The van der Waals surface area contributed by atoms with Gasteiger partial charge in [0, 0.05) is 37.1 Å². The lowest BCUT2D eigenvalue weighted by Crippen LogP contribution is -2.52. The van der Waals surface area contributed by atoms with E-state index in [1.54, 1.807) is 0 Å². The lowest BCUT2D eigenvalue weighted by Gasteiger charge is -2.35. The number of fused-ring (bicyclic) bond motifs is 1. The minimum Gasteiger partial charge on any atom is -0.350 e. The van der Waals surface area contributed by atoms with Crippen LogP contribution in [0.1, 0.15) is 20.8 Å². The number of amides is 1. The number of rotatable bonds is 4. The Morgan fingerprint density at radius 3 is 2.46 bits per heavy atom. The van der Waals surface area contributed by atoms with Gasteiger partial charge in [0.15, 0.2) is 0 Å². The van der Waals surface area contributed by atoms with E-state index in [2.05, 4.69) is 20.2 Å². The average Bonchev–Trinajstić information content (AvgIpc) is 2.58. The van der Waals surface area contributed by atoms with Crippen molar-refractivity contribution in [3.05, 3.63) is 40.7 Å². The molecular weight excluding hydrogens is 330 g/mol. The summed E-state index contributed by atoms with van der Waals surface area (Å²) in [5.74, 6) is 0.0685. The van der Waals surface area contributed by atoms with E-state index >= 15 is 0 Å². The molecule has 0 atom stereocenters. The van der Waals surface area contributed by atoms with Crippen LogP contribution in [0.2, 0.25) is 0 Å². The van der Waals surface area contributed by atoms with Crippen molar-refractivity contribution in [1.82, 2.24) is 24.9 Å². The number of piperazine rings is 1. The maximum atomic E-state index is 12.1. The van der Waals surface area contributed by atoms with Crippen LogP contribution in [-0.2, 0) is 11.5 Å². The number of para-hydroxylation sites is 1. The molecule has 2 aromatic rings. The Labute approximate surface area is 153 Å². The largest absolute Gasteiger partial charge is 0.350 e. The van der Waals surface area contributed by atoms with Gasteiger partial charge in [0.2, 0.25) is 11.3 Å². The van der Waals surface area contributed by atoms with E-state index in [1.807, 2.05) is 49.7 Å². The van der Waals surface area contributed by atoms with Crippen LogP contribution < -0.4 is 10.7 Å². The van der Waals surface area contributed by atoms with E-state index in [0.717, 1.165) is 31.7 Å². The molecule has 26 heavy (non-hydrogen) atoms. The summed E-state index contributed by atoms with van der Waals surface area (Å²) >= 11 is 0. The van der Waals surface area contributed by atoms with Crippen molar-refractivity contribution in [2.24, 2.45) is 0 Å². The van der Waals surface area contributed by atoms with Gasteiger partial charge in [-0.2, -0.15) is 5.10 Å². The Morgan fingerprint density at radius 2 is 1.77 bits per heavy atom. The quantitative estimate of drug-likeness (QED) is 0.880. The van der Waals surface area contributed by atoms with Crippen LogP contribution in [-0.4, -0.2) is 63.8 Å². The first kappa shape index (κ1) is 18.5. The minimum atomic E-state index is -0.198. The molecule has 0 aliphatic carbocycles. The summed E-state index contributed by atoms with van der Waals surface area (Å²) in [6.45, 7) is 10.5. The Balaban J connectivity index is 1.57. The Hall–Kier alpha value is -2.25. The van der Waals surface area contributed by atoms with Gasteiger partial charge >= 0.3 is 0 Å². The van der Waals surface area contributed by atoms with Crippen molar-refractivity contribution in [1.29, 1.82) is 0 Å². The maximum absolute atomic E-state index is 12.1. The van der Waals surface area contributed by atoms with Gasteiger partial charge in [-0.25, -0.2) is 0 Å². The molecule has 140 valence electrons. The third-order valence-corrected chi connectivity index (χ3v) is 4.44. The summed E-state index contributed by atoms with van der Waals surface area (Å²) in [4.78, 5) is 28.5. The third kappa shape index (κ3) is 4.68. The van der Waals surface area contributed by atoms with Gasteiger partial charge in [-0.1, -0.05) is 12.1 Å². The van der Waals surface area contributed by atoms with Crippen molar-refractivity contribution in [2.75, 3.05) is 32.7 Å². The first-order valence-electron chi connectivity index (χ1n) is 9.02. The molecule has 1 aromatic carbocycles. The van der Waals surface area contributed by atoms with Crippen LogP contribution >= 0.6 is 0 Å². The number of carbonyl (C=O) groups excluding carboxylic acids is 1. The van der Waals surface area contributed by atoms with Gasteiger partial charge in [0.1, 0.15) is 0 Å². The summed E-state index contributed by atoms with van der Waals surface area (Å²) < 4.78 is 1.87. The van der Waals surface area contributed by atoms with Gasteiger partial charge in [-0.05, 0) is 32.9 Å². The molecule has 1 aromatic heterocycles. The van der Waals surface area contributed by atoms with E-state index in [9.17, 15) is 9.59 Å². The van der Waals surface area contributed by atoms with Crippen LogP contribution in [0.5, 0.6) is 0 Å². The number of nitrogens with one attached hydrogen (secondary N) is 1. The monoisotopic (exact) mass is 357 g/mol. The molecule has 2 heterocycles. The predicted octanol–water partition coefficient (Wildman–Crippen LogP) is 0.886. The zero-order valence-electron chi connectivity index (χ0n) is 15.7. The molecule has 1 saturated heterocycles. The highest BCUT2D eigenvalue weighted by Crippen LogP contribution is 2.10. The second-order valence-corrected chi connectivity index (χ2v) is 7.86. The van der Waals surface area contributed by atoms with E-state index in [-0.39, 0.29) is 16.9 Å². The normalized spacial score (nSPS) is 16.7. The van der Waals surface area contributed by atoms with Crippen molar-refractivity contribution in [3.63, 3.8) is 0 Å². The summed E-state index contributed by atoms with van der Waals surface area (Å²) in [6, 6.07) is 7.56. The highest BCUT2D eigenvalue weighted by molar-refractivity contribution is 5.79. The topological polar surface area (TPSA) is 70.5 Å². The second kappa shape index (κ2) is 7.55. The standard InChI is InChI=1S/C19H27N5O2/c1-19(2,3)21-18(26)13-22-8-10-23(11-9-22)14-24-16-7-5-4-6-15(16)17(25)12-20-24/h4-7,12H,8-11,13-14H2,1-3H3,(H,21,26). The first-order valence-corrected chi connectivity index (χ1v) is 9.02. The minimum absolute atomic E-state index is 0.0495. The molecule has 0 bridgehead atoms. The van der Waals surface area contributed by atoms with Gasteiger partial charge in [0.25, 0.3) is 0 Å².